The highest BCUT2D eigenvalue weighted by molar-refractivity contribution is 5.92. The molecule has 4 heteroatoms. The first-order chi connectivity index (χ1) is 11.6. The van der Waals surface area contributed by atoms with E-state index in [4.69, 9.17) is 0 Å². The number of carbonyl (C=O) groups excluding carboxylic acids is 1. The van der Waals surface area contributed by atoms with Crippen LogP contribution in [0.1, 0.15) is 67.6 Å². The number of aromatic nitrogens is 2. The van der Waals surface area contributed by atoms with Crippen molar-refractivity contribution < 1.29 is 4.79 Å². The van der Waals surface area contributed by atoms with Gasteiger partial charge in [0.2, 0.25) is 0 Å². The van der Waals surface area contributed by atoms with Crippen molar-refractivity contribution in [2.75, 3.05) is 6.54 Å². The predicted octanol–water partition coefficient (Wildman–Crippen LogP) is 3.95. The van der Waals surface area contributed by atoms with E-state index >= 15 is 0 Å². The van der Waals surface area contributed by atoms with Crippen LogP contribution in [-0.4, -0.2) is 21.9 Å². The zero-order valence-corrected chi connectivity index (χ0v) is 15.3. The van der Waals surface area contributed by atoms with E-state index in [0.717, 1.165) is 43.9 Å². The number of hydrogen-bond acceptors (Lipinski definition) is 3. The summed E-state index contributed by atoms with van der Waals surface area (Å²) in [5.74, 6) is 1.08. The van der Waals surface area contributed by atoms with E-state index in [1.54, 1.807) is 13.1 Å². The van der Waals surface area contributed by atoms with Crippen LogP contribution in [0.2, 0.25) is 0 Å². The fraction of sp³-hybridized carbons (Fsp3) is 0.500. The van der Waals surface area contributed by atoms with Crippen molar-refractivity contribution in [2.24, 2.45) is 0 Å². The third-order valence-corrected chi connectivity index (χ3v) is 4.61. The molecule has 0 amide bonds. The number of carbonyl (C=O) groups is 1. The van der Waals surface area contributed by atoms with Crippen molar-refractivity contribution in [3.63, 3.8) is 0 Å². The summed E-state index contributed by atoms with van der Waals surface area (Å²) >= 11 is 0. The number of hydrogen-bond donors (Lipinski definition) is 1. The fourth-order valence-electron chi connectivity index (χ4n) is 3.21. The molecule has 1 aromatic heterocycles. The quantitative estimate of drug-likeness (QED) is 0.865. The average Bonchev–Trinajstić information content (AvgIpc) is 3.06. The Balaban J connectivity index is 0.000000185. The molecule has 0 spiro atoms. The van der Waals surface area contributed by atoms with Gasteiger partial charge in [-0.05, 0) is 30.4 Å². The van der Waals surface area contributed by atoms with E-state index in [0.29, 0.717) is 6.04 Å². The van der Waals surface area contributed by atoms with Crippen molar-refractivity contribution in [1.82, 2.24) is 14.9 Å². The third-order valence-electron chi connectivity index (χ3n) is 4.61. The lowest BCUT2D eigenvalue weighted by Crippen LogP contribution is -2.34. The van der Waals surface area contributed by atoms with Gasteiger partial charge in [-0.2, -0.15) is 0 Å². The van der Waals surface area contributed by atoms with Gasteiger partial charge in [0.1, 0.15) is 11.5 Å². The standard InChI is InChI=1S/C10H15N3O.C10H14/c1-3-8-4-11-6-10-12-5-9(7(2)14)13(8)10;1-3-9-7-5-6-8-10(9)4-2/h5,8,11H,3-4,6H2,1-2H3;5-8H,3-4H2,1-2H3. The Morgan fingerprint density at radius 3 is 2.33 bits per heavy atom. The molecule has 0 bridgehead atoms. The molecular formula is C20H29N3O. The van der Waals surface area contributed by atoms with E-state index < -0.39 is 0 Å². The molecule has 0 aliphatic carbocycles. The first-order valence-electron chi connectivity index (χ1n) is 8.96. The minimum absolute atomic E-state index is 0.101. The van der Waals surface area contributed by atoms with Crippen LogP contribution in [0.4, 0.5) is 0 Å². The number of benzene rings is 1. The van der Waals surface area contributed by atoms with E-state index in [2.05, 4.69) is 59.9 Å². The first-order valence-corrected chi connectivity index (χ1v) is 8.96. The number of imidazole rings is 1. The van der Waals surface area contributed by atoms with E-state index in [9.17, 15) is 4.79 Å². The molecule has 4 nitrogen and oxygen atoms in total. The van der Waals surface area contributed by atoms with Crippen LogP contribution in [0.3, 0.4) is 0 Å². The van der Waals surface area contributed by atoms with Crippen LogP contribution in [0, 0.1) is 0 Å². The molecule has 3 rings (SSSR count). The highest BCUT2D eigenvalue weighted by Gasteiger charge is 2.23. The van der Waals surface area contributed by atoms with Gasteiger partial charge in [0.15, 0.2) is 5.78 Å². The molecule has 2 aromatic rings. The lowest BCUT2D eigenvalue weighted by atomic mass is 10.0. The highest BCUT2D eigenvalue weighted by atomic mass is 16.1. The second-order valence-corrected chi connectivity index (χ2v) is 6.15. The van der Waals surface area contributed by atoms with Gasteiger partial charge >= 0.3 is 0 Å². The van der Waals surface area contributed by atoms with E-state index in [-0.39, 0.29) is 5.78 Å². The monoisotopic (exact) mass is 327 g/mol. The van der Waals surface area contributed by atoms with Crippen molar-refractivity contribution >= 4 is 5.78 Å². The second kappa shape index (κ2) is 8.78. The molecule has 2 heterocycles. The van der Waals surface area contributed by atoms with E-state index in [1.807, 2.05) is 0 Å². The summed E-state index contributed by atoms with van der Waals surface area (Å²) < 4.78 is 2.08. The lowest BCUT2D eigenvalue weighted by Gasteiger charge is -2.26. The van der Waals surface area contributed by atoms with Crippen LogP contribution in [0.25, 0.3) is 0 Å². The van der Waals surface area contributed by atoms with Crippen LogP contribution < -0.4 is 5.32 Å². The number of aryl methyl sites for hydroxylation is 2. The van der Waals surface area contributed by atoms with Crippen LogP contribution in [-0.2, 0) is 19.4 Å². The Hall–Kier alpha value is -1.94. The van der Waals surface area contributed by atoms with Gasteiger partial charge in [0, 0.05) is 19.5 Å². The number of ketones is 1. The molecule has 1 unspecified atom stereocenters. The summed E-state index contributed by atoms with van der Waals surface area (Å²) in [5, 5.41) is 3.30. The average molecular weight is 327 g/mol. The normalized spacial score (nSPS) is 16.1. The third kappa shape index (κ3) is 4.12. The minimum atomic E-state index is 0.101. The molecule has 0 fully saturated rings. The number of nitrogens with one attached hydrogen (secondary N) is 1. The molecule has 130 valence electrons. The van der Waals surface area contributed by atoms with Crippen molar-refractivity contribution in [3.8, 4) is 0 Å². The summed E-state index contributed by atoms with van der Waals surface area (Å²) in [5.41, 5.74) is 3.73. The first kappa shape index (κ1) is 18.4. The fourth-order valence-corrected chi connectivity index (χ4v) is 3.21. The Kier molecular flexibility index (Phi) is 6.73. The van der Waals surface area contributed by atoms with Gasteiger partial charge in [0.25, 0.3) is 0 Å². The van der Waals surface area contributed by atoms with Crippen molar-refractivity contribution in [2.45, 2.75) is 59.5 Å². The highest BCUT2D eigenvalue weighted by Crippen LogP contribution is 2.20. The molecule has 1 atom stereocenters. The van der Waals surface area contributed by atoms with Gasteiger partial charge in [-0.3, -0.25) is 4.79 Å². The molecule has 1 N–H and O–H groups in total. The topological polar surface area (TPSA) is 46.9 Å². The number of fused-ring (bicyclic) bond motifs is 1. The second-order valence-electron chi connectivity index (χ2n) is 6.15. The van der Waals surface area contributed by atoms with E-state index in [1.165, 1.54) is 11.1 Å². The summed E-state index contributed by atoms with van der Waals surface area (Å²) in [6.07, 6.45) is 5.03. The molecule has 0 saturated carbocycles. The number of rotatable bonds is 4. The van der Waals surface area contributed by atoms with Crippen LogP contribution >= 0.6 is 0 Å². The Morgan fingerprint density at radius 1 is 1.21 bits per heavy atom. The maximum atomic E-state index is 11.4. The molecule has 0 radical (unpaired) electrons. The largest absolute Gasteiger partial charge is 0.320 e. The smallest absolute Gasteiger partial charge is 0.177 e. The predicted molar refractivity (Wildman–Crippen MR) is 98.5 cm³/mol. The summed E-state index contributed by atoms with van der Waals surface area (Å²) in [7, 11) is 0. The van der Waals surface area contributed by atoms with Gasteiger partial charge in [-0.15, -0.1) is 0 Å². The molecule has 24 heavy (non-hydrogen) atoms. The van der Waals surface area contributed by atoms with Gasteiger partial charge in [-0.1, -0.05) is 45.0 Å². The Labute approximate surface area is 145 Å². The molecule has 1 aromatic carbocycles. The lowest BCUT2D eigenvalue weighted by molar-refractivity contribution is 0.100. The zero-order chi connectivity index (χ0) is 17.5. The SMILES string of the molecule is CCC1CNCc2ncc(C(C)=O)n21.CCc1ccccc1CC. The van der Waals surface area contributed by atoms with Crippen molar-refractivity contribution in [3.05, 3.63) is 53.1 Å². The zero-order valence-electron chi connectivity index (χ0n) is 15.3. The van der Waals surface area contributed by atoms with Gasteiger partial charge in [0.05, 0.1) is 12.7 Å². The molecule has 1 aliphatic heterocycles. The van der Waals surface area contributed by atoms with Crippen molar-refractivity contribution in [1.29, 1.82) is 0 Å². The summed E-state index contributed by atoms with van der Waals surface area (Å²) in [4.78, 5) is 15.6. The summed E-state index contributed by atoms with van der Waals surface area (Å²) in [6.45, 7) is 9.83. The summed E-state index contributed by atoms with van der Waals surface area (Å²) in [6, 6.07) is 9.01. The van der Waals surface area contributed by atoms with Crippen LogP contribution in [0.5, 0.6) is 0 Å². The van der Waals surface area contributed by atoms with Gasteiger partial charge < -0.3 is 9.88 Å². The Morgan fingerprint density at radius 2 is 1.83 bits per heavy atom. The maximum absolute atomic E-state index is 11.4. The maximum Gasteiger partial charge on any atom is 0.177 e. The molecular weight excluding hydrogens is 298 g/mol. The number of nitrogens with zero attached hydrogens (tertiary/aromatic N) is 2. The Bertz CT molecular complexity index is 652. The minimum Gasteiger partial charge on any atom is -0.320 e. The van der Waals surface area contributed by atoms with Gasteiger partial charge in [-0.25, -0.2) is 4.98 Å². The molecule has 1 aliphatic rings. The molecule has 0 saturated heterocycles. The number of Topliss-reactive ketones (excluding diaryl/α,β-unsaturated/α-hetero) is 1. The van der Waals surface area contributed by atoms with Crippen LogP contribution in [0.15, 0.2) is 30.5 Å².